The van der Waals surface area contributed by atoms with Gasteiger partial charge in [-0.05, 0) is 31.9 Å². The Bertz CT molecular complexity index is 393. The summed E-state index contributed by atoms with van der Waals surface area (Å²) in [4.78, 5) is 12.0. The number of anilines is 1. The summed E-state index contributed by atoms with van der Waals surface area (Å²) in [5.74, 6) is -0.0163. The second-order valence-corrected chi connectivity index (χ2v) is 4.37. The van der Waals surface area contributed by atoms with Crippen molar-refractivity contribution in [1.29, 1.82) is 0 Å². The van der Waals surface area contributed by atoms with E-state index in [1.807, 2.05) is 38.1 Å². The fourth-order valence-electron chi connectivity index (χ4n) is 1.78. The first-order valence-electron chi connectivity index (χ1n) is 6.88. The van der Waals surface area contributed by atoms with Crippen LogP contribution in [0, 0.1) is 0 Å². The van der Waals surface area contributed by atoms with Crippen molar-refractivity contribution >= 4 is 11.6 Å². The molecule has 1 atom stereocenters. The highest BCUT2D eigenvalue weighted by atomic mass is 16.5. The second-order valence-electron chi connectivity index (χ2n) is 4.37. The molecule has 19 heavy (non-hydrogen) atoms. The molecule has 1 aromatic rings. The van der Waals surface area contributed by atoms with Crippen molar-refractivity contribution in [3.63, 3.8) is 0 Å². The van der Waals surface area contributed by atoms with E-state index >= 15 is 0 Å². The molecule has 4 nitrogen and oxygen atoms in total. The van der Waals surface area contributed by atoms with Crippen LogP contribution in [0.1, 0.15) is 26.3 Å². The van der Waals surface area contributed by atoms with E-state index in [1.54, 1.807) is 0 Å². The maximum atomic E-state index is 12.0. The van der Waals surface area contributed by atoms with E-state index in [9.17, 15) is 4.79 Å². The third kappa shape index (κ3) is 5.41. The van der Waals surface area contributed by atoms with Crippen LogP contribution in [-0.2, 0) is 16.0 Å². The van der Waals surface area contributed by atoms with E-state index < -0.39 is 0 Å². The summed E-state index contributed by atoms with van der Waals surface area (Å²) in [6.07, 6.45) is 0.905. The Balaban J connectivity index is 2.45. The lowest BCUT2D eigenvalue weighted by Gasteiger charge is -2.15. The Hall–Kier alpha value is -1.39. The second kappa shape index (κ2) is 8.67. The first kappa shape index (κ1) is 15.7. The van der Waals surface area contributed by atoms with Crippen molar-refractivity contribution in [3.8, 4) is 0 Å². The van der Waals surface area contributed by atoms with Crippen molar-refractivity contribution in [2.45, 2.75) is 33.2 Å². The molecule has 0 spiro atoms. The van der Waals surface area contributed by atoms with Gasteiger partial charge in [0.15, 0.2) is 0 Å². The van der Waals surface area contributed by atoms with E-state index in [2.05, 4.69) is 17.6 Å². The van der Waals surface area contributed by atoms with Crippen molar-refractivity contribution in [1.82, 2.24) is 5.32 Å². The van der Waals surface area contributed by atoms with E-state index in [-0.39, 0.29) is 11.9 Å². The van der Waals surface area contributed by atoms with Gasteiger partial charge in [0.25, 0.3) is 0 Å². The molecular formula is C15H24N2O2. The van der Waals surface area contributed by atoms with Crippen LogP contribution in [0.4, 0.5) is 5.69 Å². The molecule has 0 saturated heterocycles. The Morgan fingerprint density at radius 1 is 1.32 bits per heavy atom. The van der Waals surface area contributed by atoms with Gasteiger partial charge in [-0.25, -0.2) is 0 Å². The number of benzene rings is 1. The fourth-order valence-corrected chi connectivity index (χ4v) is 1.78. The molecule has 0 fully saturated rings. The van der Waals surface area contributed by atoms with Crippen LogP contribution in [-0.4, -0.2) is 31.7 Å². The molecule has 0 radical (unpaired) electrons. The van der Waals surface area contributed by atoms with Crippen molar-refractivity contribution in [2.75, 3.05) is 25.1 Å². The molecule has 1 aromatic carbocycles. The molecule has 0 saturated carbocycles. The molecule has 0 aliphatic heterocycles. The van der Waals surface area contributed by atoms with Crippen molar-refractivity contribution in [3.05, 3.63) is 29.8 Å². The molecule has 0 bridgehead atoms. The van der Waals surface area contributed by atoms with Crippen LogP contribution in [0.5, 0.6) is 0 Å². The number of hydrogen-bond acceptors (Lipinski definition) is 3. The third-order valence-corrected chi connectivity index (χ3v) is 2.95. The topological polar surface area (TPSA) is 50.4 Å². The van der Waals surface area contributed by atoms with Gasteiger partial charge in [0.2, 0.25) is 5.91 Å². The lowest BCUT2D eigenvalue weighted by molar-refractivity contribution is -0.117. The third-order valence-electron chi connectivity index (χ3n) is 2.95. The molecule has 0 heterocycles. The number of rotatable bonds is 8. The highest BCUT2D eigenvalue weighted by molar-refractivity contribution is 5.95. The standard InChI is InChI=1S/C15H24N2O2/c1-4-13-8-6-7-9-14(13)17-15(18)12(3)16-10-11-19-5-2/h6-9,12,16H,4-5,10-11H2,1-3H3,(H,17,18). The van der Waals surface area contributed by atoms with Gasteiger partial charge in [-0.3, -0.25) is 4.79 Å². The van der Waals surface area contributed by atoms with Gasteiger partial charge in [-0.2, -0.15) is 0 Å². The predicted molar refractivity (Wildman–Crippen MR) is 78.4 cm³/mol. The van der Waals surface area contributed by atoms with Gasteiger partial charge in [0.1, 0.15) is 0 Å². The first-order valence-corrected chi connectivity index (χ1v) is 6.88. The maximum absolute atomic E-state index is 12.0. The van der Waals surface area contributed by atoms with Crippen LogP contribution in [0.3, 0.4) is 0 Å². The molecular weight excluding hydrogens is 240 g/mol. The van der Waals surface area contributed by atoms with E-state index in [0.29, 0.717) is 19.8 Å². The maximum Gasteiger partial charge on any atom is 0.241 e. The Labute approximate surface area is 115 Å². The minimum absolute atomic E-state index is 0.0163. The van der Waals surface area contributed by atoms with Crippen LogP contribution in [0.15, 0.2) is 24.3 Å². The van der Waals surface area contributed by atoms with Crippen LogP contribution in [0.25, 0.3) is 0 Å². The summed E-state index contributed by atoms with van der Waals surface area (Å²) < 4.78 is 5.22. The van der Waals surface area contributed by atoms with Gasteiger partial charge in [0, 0.05) is 18.8 Å². The summed E-state index contributed by atoms with van der Waals surface area (Å²) in [7, 11) is 0. The zero-order chi connectivity index (χ0) is 14.1. The van der Waals surface area contributed by atoms with Gasteiger partial charge in [-0.15, -0.1) is 0 Å². The molecule has 1 unspecified atom stereocenters. The summed E-state index contributed by atoms with van der Waals surface area (Å²) in [6, 6.07) is 7.65. The molecule has 1 amide bonds. The summed E-state index contributed by atoms with van der Waals surface area (Å²) in [5.41, 5.74) is 2.05. The molecule has 0 aliphatic rings. The van der Waals surface area contributed by atoms with Gasteiger partial charge in [0.05, 0.1) is 12.6 Å². The van der Waals surface area contributed by atoms with Crippen molar-refractivity contribution < 1.29 is 9.53 Å². The highest BCUT2D eigenvalue weighted by Gasteiger charge is 2.13. The minimum atomic E-state index is -0.231. The Morgan fingerprint density at radius 2 is 2.05 bits per heavy atom. The zero-order valence-corrected chi connectivity index (χ0v) is 12.0. The normalized spacial score (nSPS) is 12.2. The number of nitrogens with one attached hydrogen (secondary N) is 2. The summed E-state index contributed by atoms with van der Waals surface area (Å²) >= 11 is 0. The zero-order valence-electron chi connectivity index (χ0n) is 12.0. The minimum Gasteiger partial charge on any atom is -0.380 e. The van der Waals surface area contributed by atoms with Gasteiger partial charge >= 0.3 is 0 Å². The first-order chi connectivity index (χ1) is 9.19. The van der Waals surface area contributed by atoms with Gasteiger partial charge < -0.3 is 15.4 Å². The van der Waals surface area contributed by atoms with E-state index in [0.717, 1.165) is 17.7 Å². The molecule has 106 valence electrons. The number of amides is 1. The lowest BCUT2D eigenvalue weighted by Crippen LogP contribution is -2.39. The quantitative estimate of drug-likeness (QED) is 0.708. The summed E-state index contributed by atoms with van der Waals surface area (Å²) in [6.45, 7) is 7.89. The molecule has 2 N–H and O–H groups in total. The molecule has 4 heteroatoms. The monoisotopic (exact) mass is 264 g/mol. The summed E-state index contributed by atoms with van der Waals surface area (Å²) in [5, 5.41) is 6.10. The number of para-hydroxylation sites is 1. The number of aryl methyl sites for hydroxylation is 1. The lowest BCUT2D eigenvalue weighted by atomic mass is 10.1. The van der Waals surface area contributed by atoms with Gasteiger partial charge in [-0.1, -0.05) is 25.1 Å². The molecule has 1 rings (SSSR count). The average Bonchev–Trinajstić information content (AvgIpc) is 2.44. The number of hydrogen-bond donors (Lipinski definition) is 2. The Kier molecular flexibility index (Phi) is 7.15. The van der Waals surface area contributed by atoms with Crippen LogP contribution >= 0.6 is 0 Å². The number of carbonyl (C=O) groups is 1. The molecule has 0 aliphatic carbocycles. The SMILES string of the molecule is CCOCCNC(C)C(=O)Nc1ccccc1CC. The highest BCUT2D eigenvalue weighted by Crippen LogP contribution is 2.15. The average molecular weight is 264 g/mol. The number of ether oxygens (including phenoxy) is 1. The van der Waals surface area contributed by atoms with E-state index in [1.165, 1.54) is 0 Å². The van der Waals surface area contributed by atoms with Crippen LogP contribution in [0.2, 0.25) is 0 Å². The Morgan fingerprint density at radius 3 is 2.74 bits per heavy atom. The van der Waals surface area contributed by atoms with Crippen molar-refractivity contribution in [2.24, 2.45) is 0 Å². The smallest absolute Gasteiger partial charge is 0.241 e. The number of carbonyl (C=O) groups excluding carboxylic acids is 1. The molecule has 0 aromatic heterocycles. The van der Waals surface area contributed by atoms with E-state index in [4.69, 9.17) is 4.74 Å². The predicted octanol–water partition coefficient (Wildman–Crippen LogP) is 2.20. The fraction of sp³-hybridized carbons (Fsp3) is 0.533. The van der Waals surface area contributed by atoms with Crippen LogP contribution < -0.4 is 10.6 Å². The largest absolute Gasteiger partial charge is 0.380 e.